The van der Waals surface area contributed by atoms with Gasteiger partial charge >= 0.3 is 6.09 Å². The zero-order valence-electron chi connectivity index (χ0n) is 19.6. The van der Waals surface area contributed by atoms with E-state index in [-0.39, 0.29) is 0 Å². The Balaban J connectivity index is 1.80. The molecule has 1 amide bonds. The molecular weight excluding hydrogens is 430 g/mol. The van der Waals surface area contributed by atoms with Crippen LogP contribution in [0, 0.1) is 0 Å². The van der Waals surface area contributed by atoms with Crippen LogP contribution in [0.15, 0.2) is 67.1 Å². The van der Waals surface area contributed by atoms with E-state index in [2.05, 4.69) is 20.3 Å². The van der Waals surface area contributed by atoms with Gasteiger partial charge < -0.3 is 15.2 Å². The first-order valence-corrected chi connectivity index (χ1v) is 10.9. The average molecular weight is 458 g/mol. The average Bonchev–Trinajstić information content (AvgIpc) is 2.82. The number of fused-ring (bicyclic) bond motifs is 1. The van der Waals surface area contributed by atoms with Gasteiger partial charge in [0.05, 0.1) is 18.5 Å². The van der Waals surface area contributed by atoms with Crippen molar-refractivity contribution in [2.24, 2.45) is 0 Å². The van der Waals surface area contributed by atoms with Gasteiger partial charge in [0.1, 0.15) is 5.75 Å². The van der Waals surface area contributed by atoms with Gasteiger partial charge in [0, 0.05) is 41.6 Å². The minimum Gasteiger partial charge on any atom is -0.497 e. The van der Waals surface area contributed by atoms with Crippen molar-refractivity contribution >= 4 is 28.5 Å². The van der Waals surface area contributed by atoms with Crippen LogP contribution in [0.5, 0.6) is 5.75 Å². The molecule has 4 aromatic rings. The maximum atomic E-state index is 12.3. The maximum Gasteiger partial charge on any atom is 0.412 e. The van der Waals surface area contributed by atoms with Gasteiger partial charge in [0.15, 0.2) is 0 Å². The molecule has 0 radical (unpaired) electrons. The lowest BCUT2D eigenvalue weighted by Gasteiger charge is -2.34. The van der Waals surface area contributed by atoms with Gasteiger partial charge in [-0.15, -0.1) is 0 Å². The second kappa shape index (κ2) is 9.35. The highest BCUT2D eigenvalue weighted by molar-refractivity contribution is 6.04. The predicted molar refractivity (Wildman–Crippen MR) is 133 cm³/mol. The first-order valence-electron chi connectivity index (χ1n) is 10.9. The zero-order chi connectivity index (χ0) is 24.3. The van der Waals surface area contributed by atoms with E-state index in [0.717, 1.165) is 21.9 Å². The van der Waals surface area contributed by atoms with Crippen LogP contribution in [0.1, 0.15) is 26.3 Å². The highest BCUT2D eigenvalue weighted by Crippen LogP contribution is 2.37. The second-order valence-electron chi connectivity index (χ2n) is 8.85. The Morgan fingerprint density at radius 2 is 1.94 bits per heavy atom. The predicted octanol–water partition coefficient (Wildman–Crippen LogP) is 5.60. The lowest BCUT2D eigenvalue weighted by atomic mass is 9.98. The fraction of sp³-hybridized carbons (Fsp3) is 0.231. The molecule has 2 aromatic carbocycles. The van der Waals surface area contributed by atoms with Crippen molar-refractivity contribution in [1.29, 1.82) is 0 Å². The molecule has 8 nitrogen and oxygen atoms in total. The van der Waals surface area contributed by atoms with Crippen molar-refractivity contribution in [3.05, 3.63) is 72.7 Å². The molecule has 174 valence electrons. The summed E-state index contributed by atoms with van der Waals surface area (Å²) >= 11 is 0. The Labute approximate surface area is 198 Å². The molecule has 0 saturated heterocycles. The summed E-state index contributed by atoms with van der Waals surface area (Å²) in [6, 6.07) is 15.2. The van der Waals surface area contributed by atoms with E-state index in [0.29, 0.717) is 29.6 Å². The molecule has 0 atom stereocenters. The van der Waals surface area contributed by atoms with Gasteiger partial charge in [-0.1, -0.05) is 12.1 Å². The second-order valence-corrected chi connectivity index (χ2v) is 8.85. The third-order valence-corrected chi connectivity index (χ3v) is 5.37. The Morgan fingerprint density at radius 1 is 1.12 bits per heavy atom. The molecule has 2 N–H and O–H groups in total. The van der Waals surface area contributed by atoms with Crippen molar-refractivity contribution in [2.45, 2.75) is 32.9 Å². The molecule has 0 aliphatic rings. The van der Waals surface area contributed by atoms with Crippen molar-refractivity contribution in [3.63, 3.8) is 0 Å². The number of hydrogen-bond acceptors (Lipinski definition) is 6. The number of benzene rings is 2. The number of methoxy groups -OCH3 is 1. The van der Waals surface area contributed by atoms with Crippen molar-refractivity contribution in [1.82, 2.24) is 15.0 Å². The molecule has 0 aliphatic heterocycles. The molecule has 2 heterocycles. The summed E-state index contributed by atoms with van der Waals surface area (Å²) in [5.41, 5.74) is 2.38. The molecular formula is C26H27N5O3. The number of ether oxygens (including phenoxy) is 1. The number of amides is 1. The SMILES string of the molecule is COc1ccc2cc(-c3ccnc(NCc4cccnc4)n3)cc(N(C(=O)O)C(C)(C)C)c2c1. The van der Waals surface area contributed by atoms with Gasteiger partial charge in [0.2, 0.25) is 5.95 Å². The van der Waals surface area contributed by atoms with Crippen molar-refractivity contribution < 1.29 is 14.6 Å². The fourth-order valence-corrected chi connectivity index (χ4v) is 3.82. The Bertz CT molecular complexity index is 1320. The smallest absolute Gasteiger partial charge is 0.412 e. The molecule has 0 aliphatic carbocycles. The number of carboxylic acid groups (broad SMARTS) is 1. The topological polar surface area (TPSA) is 100 Å². The first-order chi connectivity index (χ1) is 16.3. The van der Waals surface area contributed by atoms with Gasteiger partial charge in [-0.2, -0.15) is 0 Å². The van der Waals surface area contributed by atoms with Crippen LogP contribution in [0.3, 0.4) is 0 Å². The summed E-state index contributed by atoms with van der Waals surface area (Å²) < 4.78 is 5.40. The van der Waals surface area contributed by atoms with E-state index in [1.807, 2.05) is 69.3 Å². The van der Waals surface area contributed by atoms with E-state index in [1.54, 1.807) is 25.7 Å². The summed E-state index contributed by atoms with van der Waals surface area (Å²) in [6.07, 6.45) is 4.17. The van der Waals surface area contributed by atoms with Gasteiger partial charge in [-0.25, -0.2) is 14.8 Å². The van der Waals surface area contributed by atoms with Crippen LogP contribution >= 0.6 is 0 Å². The number of hydrogen-bond donors (Lipinski definition) is 2. The molecule has 4 rings (SSSR count). The summed E-state index contributed by atoms with van der Waals surface area (Å²) in [4.78, 5) is 26.8. The Kier molecular flexibility index (Phi) is 6.32. The van der Waals surface area contributed by atoms with Crippen molar-refractivity contribution in [2.75, 3.05) is 17.3 Å². The molecule has 0 fully saturated rings. The number of nitrogens with zero attached hydrogens (tertiary/aromatic N) is 4. The minimum absolute atomic E-state index is 0.476. The number of anilines is 2. The lowest BCUT2D eigenvalue weighted by molar-refractivity contribution is 0.196. The standard InChI is InChI=1S/C26H27N5O3/c1-26(2,3)31(25(32)33)23-13-19(12-18-7-8-20(34-4)14-21(18)23)22-9-11-28-24(30-22)29-16-17-6-5-10-27-15-17/h5-15H,16H2,1-4H3,(H,32,33)(H,28,29,30). The van der Waals surface area contributed by atoms with Gasteiger partial charge in [-0.05, 0) is 68.1 Å². The van der Waals surface area contributed by atoms with Crippen LogP contribution in [-0.4, -0.2) is 38.8 Å². The third kappa shape index (κ3) is 4.91. The monoisotopic (exact) mass is 457 g/mol. The Hall–Kier alpha value is -4.20. The Morgan fingerprint density at radius 3 is 2.62 bits per heavy atom. The lowest BCUT2D eigenvalue weighted by Crippen LogP contribution is -2.45. The molecule has 0 spiro atoms. The molecule has 0 bridgehead atoms. The zero-order valence-corrected chi connectivity index (χ0v) is 19.6. The maximum absolute atomic E-state index is 12.3. The summed E-state index contributed by atoms with van der Waals surface area (Å²) in [6.45, 7) is 6.14. The largest absolute Gasteiger partial charge is 0.497 e. The molecule has 0 unspecified atom stereocenters. The van der Waals surface area contributed by atoms with E-state index < -0.39 is 11.6 Å². The number of nitrogens with one attached hydrogen (secondary N) is 1. The van der Waals surface area contributed by atoms with E-state index >= 15 is 0 Å². The fourth-order valence-electron chi connectivity index (χ4n) is 3.82. The normalized spacial score (nSPS) is 11.3. The number of carbonyl (C=O) groups is 1. The molecule has 0 saturated carbocycles. The molecule has 8 heteroatoms. The van der Waals surface area contributed by atoms with E-state index in [4.69, 9.17) is 4.74 Å². The first kappa shape index (κ1) is 23.0. The van der Waals surface area contributed by atoms with E-state index in [9.17, 15) is 9.90 Å². The van der Waals surface area contributed by atoms with Crippen LogP contribution in [0.25, 0.3) is 22.0 Å². The summed E-state index contributed by atoms with van der Waals surface area (Å²) in [7, 11) is 1.59. The number of rotatable bonds is 6. The van der Waals surface area contributed by atoms with Crippen LogP contribution in [0.4, 0.5) is 16.4 Å². The third-order valence-electron chi connectivity index (χ3n) is 5.37. The van der Waals surface area contributed by atoms with Gasteiger partial charge in [-0.3, -0.25) is 9.88 Å². The van der Waals surface area contributed by atoms with E-state index in [1.165, 1.54) is 4.90 Å². The quantitative estimate of drug-likeness (QED) is 0.389. The van der Waals surface area contributed by atoms with Crippen LogP contribution < -0.4 is 15.0 Å². The van der Waals surface area contributed by atoms with Gasteiger partial charge in [0.25, 0.3) is 0 Å². The summed E-state index contributed by atoms with van der Waals surface area (Å²) in [5, 5.41) is 15.0. The summed E-state index contributed by atoms with van der Waals surface area (Å²) in [5.74, 6) is 1.13. The molecule has 2 aromatic heterocycles. The highest BCUT2D eigenvalue weighted by atomic mass is 16.5. The van der Waals surface area contributed by atoms with Crippen LogP contribution in [-0.2, 0) is 6.54 Å². The number of pyridine rings is 1. The van der Waals surface area contributed by atoms with Crippen molar-refractivity contribution in [3.8, 4) is 17.0 Å². The number of aromatic nitrogens is 3. The highest BCUT2D eigenvalue weighted by Gasteiger charge is 2.30. The molecule has 34 heavy (non-hydrogen) atoms. The minimum atomic E-state index is -1.03. The van der Waals surface area contributed by atoms with Crippen LogP contribution in [0.2, 0.25) is 0 Å².